The summed E-state index contributed by atoms with van der Waals surface area (Å²) < 4.78 is 17.5. The number of aromatic nitrogens is 4. The number of nitrogens with zero attached hydrogens (tertiary/aromatic N) is 4. The summed E-state index contributed by atoms with van der Waals surface area (Å²) in [5, 5.41) is 15.7. The van der Waals surface area contributed by atoms with Crippen molar-refractivity contribution in [2.24, 2.45) is 0 Å². The Morgan fingerprint density at radius 3 is 2.55 bits per heavy atom. The van der Waals surface area contributed by atoms with E-state index >= 15 is 0 Å². The second kappa shape index (κ2) is 7.42. The normalized spacial score (nSPS) is 15.4. The zero-order chi connectivity index (χ0) is 20.5. The molecule has 1 aliphatic heterocycles. The SMILES string of the molecule is COc1ccc(C2CC(=O)Nc3c2c(C)nn3-c2ccc(OC)nn2)c(OC)c1. The number of rotatable bonds is 5. The van der Waals surface area contributed by atoms with Crippen molar-refractivity contribution in [3.63, 3.8) is 0 Å². The van der Waals surface area contributed by atoms with Crippen LogP contribution in [0.15, 0.2) is 30.3 Å². The van der Waals surface area contributed by atoms with E-state index in [1.54, 1.807) is 31.0 Å². The fraction of sp³-hybridized carbons (Fsp3) is 0.300. The largest absolute Gasteiger partial charge is 0.497 e. The van der Waals surface area contributed by atoms with Gasteiger partial charge in [-0.3, -0.25) is 4.79 Å². The summed E-state index contributed by atoms with van der Waals surface area (Å²) in [5.74, 6) is 2.50. The molecule has 0 saturated heterocycles. The molecule has 2 aromatic heterocycles. The van der Waals surface area contributed by atoms with E-state index in [2.05, 4.69) is 20.6 Å². The van der Waals surface area contributed by atoms with E-state index in [4.69, 9.17) is 14.2 Å². The Labute approximate surface area is 167 Å². The van der Waals surface area contributed by atoms with Crippen molar-refractivity contribution in [3.8, 4) is 23.2 Å². The van der Waals surface area contributed by atoms with Crippen LogP contribution in [0.5, 0.6) is 17.4 Å². The quantitative estimate of drug-likeness (QED) is 0.708. The van der Waals surface area contributed by atoms with Gasteiger partial charge in [-0.25, -0.2) is 0 Å². The Kier molecular flexibility index (Phi) is 4.79. The minimum Gasteiger partial charge on any atom is -0.497 e. The molecule has 3 heterocycles. The van der Waals surface area contributed by atoms with Gasteiger partial charge in [0.25, 0.3) is 0 Å². The third-order valence-corrected chi connectivity index (χ3v) is 4.97. The van der Waals surface area contributed by atoms with E-state index < -0.39 is 0 Å². The minimum absolute atomic E-state index is 0.108. The van der Waals surface area contributed by atoms with Gasteiger partial charge in [0.1, 0.15) is 17.3 Å². The lowest BCUT2D eigenvalue weighted by molar-refractivity contribution is -0.116. The van der Waals surface area contributed by atoms with Gasteiger partial charge in [0, 0.05) is 35.6 Å². The molecule has 1 amide bonds. The predicted octanol–water partition coefficient (Wildman–Crippen LogP) is 2.47. The molecule has 0 fully saturated rings. The molecule has 0 spiro atoms. The van der Waals surface area contributed by atoms with E-state index in [9.17, 15) is 4.79 Å². The molecule has 3 aromatic rings. The fourth-order valence-electron chi connectivity index (χ4n) is 3.62. The van der Waals surface area contributed by atoms with Gasteiger partial charge >= 0.3 is 0 Å². The number of amides is 1. The van der Waals surface area contributed by atoms with Gasteiger partial charge in [0.05, 0.1) is 27.0 Å². The molecule has 150 valence electrons. The summed E-state index contributed by atoms with van der Waals surface area (Å²) >= 11 is 0. The van der Waals surface area contributed by atoms with Crippen molar-refractivity contribution in [3.05, 3.63) is 47.2 Å². The Morgan fingerprint density at radius 2 is 1.90 bits per heavy atom. The van der Waals surface area contributed by atoms with Crippen molar-refractivity contribution in [1.82, 2.24) is 20.0 Å². The summed E-state index contributed by atoms with van der Waals surface area (Å²) in [6, 6.07) is 9.03. The average Bonchev–Trinajstić information content (AvgIpc) is 3.08. The summed E-state index contributed by atoms with van der Waals surface area (Å²) in [5.41, 5.74) is 2.61. The summed E-state index contributed by atoms with van der Waals surface area (Å²) in [4.78, 5) is 12.6. The van der Waals surface area contributed by atoms with E-state index in [1.165, 1.54) is 7.11 Å². The standard InChI is InChI=1S/C20H21N5O4/c1-11-19-14(13-6-5-12(27-2)9-15(13)28-3)10-17(26)21-20(19)25(24-11)16-7-8-18(29-4)23-22-16/h5-9,14H,10H2,1-4H3,(H,21,26). The summed E-state index contributed by atoms with van der Waals surface area (Å²) in [6.07, 6.45) is 0.288. The molecule has 0 saturated carbocycles. The molecular weight excluding hydrogens is 374 g/mol. The second-order valence-electron chi connectivity index (χ2n) is 6.61. The molecule has 0 bridgehead atoms. The van der Waals surface area contributed by atoms with Crippen molar-refractivity contribution in [2.75, 3.05) is 26.6 Å². The first-order valence-electron chi connectivity index (χ1n) is 9.05. The number of hydrogen-bond donors (Lipinski definition) is 1. The molecule has 1 unspecified atom stereocenters. The van der Waals surface area contributed by atoms with Gasteiger partial charge < -0.3 is 19.5 Å². The van der Waals surface area contributed by atoms with Gasteiger partial charge in [-0.15, -0.1) is 10.2 Å². The molecule has 1 atom stereocenters. The van der Waals surface area contributed by atoms with Crippen LogP contribution in [-0.4, -0.2) is 47.2 Å². The zero-order valence-electron chi connectivity index (χ0n) is 16.6. The molecular formula is C20H21N5O4. The van der Waals surface area contributed by atoms with Gasteiger partial charge in [-0.1, -0.05) is 6.07 Å². The number of nitrogens with one attached hydrogen (secondary N) is 1. The highest BCUT2D eigenvalue weighted by Crippen LogP contribution is 2.43. The first-order valence-corrected chi connectivity index (χ1v) is 9.05. The molecule has 9 heteroatoms. The molecule has 1 aromatic carbocycles. The van der Waals surface area contributed by atoms with Crippen LogP contribution in [0.1, 0.15) is 29.2 Å². The van der Waals surface area contributed by atoms with Crippen molar-refractivity contribution in [2.45, 2.75) is 19.3 Å². The van der Waals surface area contributed by atoms with Crippen LogP contribution in [0.4, 0.5) is 5.82 Å². The number of fused-ring (bicyclic) bond motifs is 1. The van der Waals surface area contributed by atoms with Crippen LogP contribution < -0.4 is 19.5 Å². The van der Waals surface area contributed by atoms with Crippen LogP contribution in [-0.2, 0) is 4.79 Å². The number of carbonyl (C=O) groups is 1. The van der Waals surface area contributed by atoms with E-state index in [1.807, 2.05) is 25.1 Å². The molecule has 1 aliphatic rings. The van der Waals surface area contributed by atoms with E-state index in [0.717, 1.165) is 16.8 Å². The molecule has 29 heavy (non-hydrogen) atoms. The maximum absolute atomic E-state index is 12.6. The lowest BCUT2D eigenvalue weighted by Crippen LogP contribution is -2.25. The molecule has 0 aliphatic carbocycles. The number of ether oxygens (including phenoxy) is 3. The lowest BCUT2D eigenvalue weighted by Gasteiger charge is -2.25. The highest BCUT2D eigenvalue weighted by atomic mass is 16.5. The van der Waals surface area contributed by atoms with Gasteiger partial charge in [-0.05, 0) is 19.1 Å². The van der Waals surface area contributed by atoms with Crippen molar-refractivity contribution >= 4 is 11.7 Å². The number of hydrogen-bond acceptors (Lipinski definition) is 7. The molecule has 9 nitrogen and oxygen atoms in total. The predicted molar refractivity (Wildman–Crippen MR) is 105 cm³/mol. The van der Waals surface area contributed by atoms with E-state index in [-0.39, 0.29) is 18.2 Å². The number of methoxy groups -OCH3 is 3. The van der Waals surface area contributed by atoms with E-state index in [0.29, 0.717) is 29.0 Å². The Bertz CT molecular complexity index is 1060. The number of carbonyl (C=O) groups excluding carboxylic acids is 1. The van der Waals surface area contributed by atoms with Crippen LogP contribution in [0.25, 0.3) is 5.82 Å². The first kappa shape index (κ1) is 18.7. The average molecular weight is 395 g/mol. The van der Waals surface area contributed by atoms with Crippen LogP contribution >= 0.6 is 0 Å². The van der Waals surface area contributed by atoms with Crippen LogP contribution in [0, 0.1) is 6.92 Å². The molecule has 1 N–H and O–H groups in total. The monoisotopic (exact) mass is 395 g/mol. The van der Waals surface area contributed by atoms with Gasteiger partial charge in [0.2, 0.25) is 11.8 Å². The maximum Gasteiger partial charge on any atom is 0.233 e. The smallest absolute Gasteiger partial charge is 0.233 e. The summed E-state index contributed by atoms with van der Waals surface area (Å²) in [7, 11) is 4.73. The molecule has 4 rings (SSSR count). The third kappa shape index (κ3) is 3.24. The Balaban J connectivity index is 1.84. The van der Waals surface area contributed by atoms with Crippen LogP contribution in [0.2, 0.25) is 0 Å². The number of benzene rings is 1. The fourth-order valence-corrected chi connectivity index (χ4v) is 3.62. The van der Waals surface area contributed by atoms with Crippen LogP contribution in [0.3, 0.4) is 0 Å². The lowest BCUT2D eigenvalue weighted by atomic mass is 9.85. The maximum atomic E-state index is 12.6. The number of aryl methyl sites for hydroxylation is 1. The third-order valence-electron chi connectivity index (χ3n) is 4.97. The number of anilines is 1. The second-order valence-corrected chi connectivity index (χ2v) is 6.61. The highest BCUT2D eigenvalue weighted by Gasteiger charge is 2.34. The first-order chi connectivity index (χ1) is 14.0. The molecule has 0 radical (unpaired) electrons. The van der Waals surface area contributed by atoms with Crippen molar-refractivity contribution < 1.29 is 19.0 Å². The Hall–Kier alpha value is -3.62. The minimum atomic E-state index is -0.209. The summed E-state index contributed by atoms with van der Waals surface area (Å²) in [6.45, 7) is 1.91. The topological polar surface area (TPSA) is 100 Å². The highest BCUT2D eigenvalue weighted by molar-refractivity contribution is 5.95. The van der Waals surface area contributed by atoms with Gasteiger partial charge in [-0.2, -0.15) is 9.78 Å². The Morgan fingerprint density at radius 1 is 1.07 bits per heavy atom. The van der Waals surface area contributed by atoms with Crippen molar-refractivity contribution in [1.29, 1.82) is 0 Å². The van der Waals surface area contributed by atoms with Gasteiger partial charge in [0.15, 0.2) is 5.82 Å². The zero-order valence-corrected chi connectivity index (χ0v) is 16.6.